The SMILES string of the molecule is O=C1CC(=O)[C@@H](c2c[nH]c3ccccc23)[C@H]1c1cn2c3c(cccc13)CCC2.O=C1CC(=O)[C@@H](c2cn3c4c(cccc24)CCC3)[C@H]1c1c[nH]c2ccccc12.[HH].[HH]. The van der Waals surface area contributed by atoms with Crippen LogP contribution in [0.25, 0.3) is 43.6 Å². The van der Waals surface area contributed by atoms with E-state index in [1.54, 1.807) is 0 Å². The third kappa shape index (κ3) is 4.91. The van der Waals surface area contributed by atoms with Crippen molar-refractivity contribution in [3.63, 3.8) is 0 Å². The Morgan fingerprint density at radius 2 is 0.857 bits per heavy atom. The summed E-state index contributed by atoms with van der Waals surface area (Å²) in [7, 11) is 0. The zero-order valence-corrected chi connectivity index (χ0v) is 30.9. The number of Topliss-reactive ketones (excluding diaryl/α,β-unsaturated/α-hetero) is 4. The van der Waals surface area contributed by atoms with Gasteiger partial charge in [-0.15, -0.1) is 0 Å². The van der Waals surface area contributed by atoms with E-state index in [0.717, 1.165) is 93.6 Å². The minimum absolute atomic E-state index is 0. The number of rotatable bonds is 4. The summed E-state index contributed by atoms with van der Waals surface area (Å²) in [6.45, 7) is 1.94. The number of carbonyl (C=O) groups excluding carboxylic acids is 4. The molecule has 6 heterocycles. The van der Waals surface area contributed by atoms with Gasteiger partial charge in [-0.1, -0.05) is 72.8 Å². The van der Waals surface area contributed by atoms with Crippen LogP contribution in [0.15, 0.2) is 110 Å². The number of nitrogens with one attached hydrogen (secondary N) is 2. The molecule has 12 rings (SSSR count). The minimum Gasteiger partial charge on any atom is -0.361 e. The summed E-state index contributed by atoms with van der Waals surface area (Å²) in [6, 6.07) is 28.8. The molecule has 2 fully saturated rings. The van der Waals surface area contributed by atoms with Gasteiger partial charge in [-0.05, 0) is 71.2 Å². The van der Waals surface area contributed by atoms with Crippen molar-refractivity contribution < 1.29 is 22.0 Å². The van der Waals surface area contributed by atoms with Crippen molar-refractivity contribution in [3.05, 3.63) is 143 Å². The fraction of sp³-hybridized carbons (Fsp3) is 0.250. The second-order valence-corrected chi connectivity index (χ2v) is 16.1. The number of H-pyrrole nitrogens is 2. The highest BCUT2D eigenvalue weighted by Crippen LogP contribution is 2.48. The Bertz CT molecular complexity index is 2770. The van der Waals surface area contributed by atoms with Crippen molar-refractivity contribution in [3.8, 4) is 0 Å². The lowest BCUT2D eigenvalue weighted by molar-refractivity contribution is -0.123. The van der Waals surface area contributed by atoms with Gasteiger partial charge in [0.2, 0.25) is 0 Å². The molecule has 4 aromatic carbocycles. The van der Waals surface area contributed by atoms with Crippen LogP contribution in [-0.4, -0.2) is 42.2 Å². The van der Waals surface area contributed by atoms with Crippen LogP contribution in [0.5, 0.6) is 0 Å². The number of carbonyl (C=O) groups is 4. The Kier molecular flexibility index (Phi) is 7.46. The van der Waals surface area contributed by atoms with Gasteiger partial charge in [0.25, 0.3) is 0 Å². The maximum Gasteiger partial charge on any atom is 0.148 e. The molecule has 0 saturated heterocycles. The van der Waals surface area contributed by atoms with Crippen molar-refractivity contribution in [2.24, 2.45) is 0 Å². The fourth-order valence-electron chi connectivity index (χ4n) is 10.7. The molecule has 0 bridgehead atoms. The van der Waals surface area contributed by atoms with E-state index in [9.17, 15) is 19.2 Å². The first kappa shape index (κ1) is 33.1. The third-order valence-corrected chi connectivity index (χ3v) is 13.0. The molecule has 4 aliphatic rings. The summed E-state index contributed by atoms with van der Waals surface area (Å²) < 4.78 is 4.57. The number of hydrogen-bond donors (Lipinski definition) is 2. The molecule has 2 aliphatic heterocycles. The van der Waals surface area contributed by atoms with Gasteiger partial charge >= 0.3 is 0 Å². The first-order chi connectivity index (χ1) is 27.4. The van der Waals surface area contributed by atoms with Gasteiger partial charge in [0.15, 0.2) is 0 Å². The van der Waals surface area contributed by atoms with E-state index >= 15 is 0 Å². The Balaban J connectivity index is 0.000000145. The van der Waals surface area contributed by atoms with Gasteiger partial charge in [-0.2, -0.15) is 0 Å². The van der Waals surface area contributed by atoms with E-state index in [4.69, 9.17) is 0 Å². The molecule has 0 amide bonds. The summed E-state index contributed by atoms with van der Waals surface area (Å²) in [5, 5.41) is 4.34. The molecule has 56 heavy (non-hydrogen) atoms. The Labute approximate surface area is 325 Å². The molecule has 4 atom stereocenters. The normalized spacial score (nSPS) is 21.9. The minimum atomic E-state index is -0.410. The molecule has 8 aromatic rings. The van der Waals surface area contributed by atoms with Gasteiger partial charge in [0, 0.05) is 73.3 Å². The first-order valence-electron chi connectivity index (χ1n) is 19.9. The maximum atomic E-state index is 13.0. The largest absolute Gasteiger partial charge is 0.361 e. The number of para-hydroxylation sites is 4. The number of ketones is 4. The van der Waals surface area contributed by atoms with Gasteiger partial charge in [-0.3, -0.25) is 19.2 Å². The quantitative estimate of drug-likeness (QED) is 0.175. The molecule has 8 nitrogen and oxygen atoms in total. The van der Waals surface area contributed by atoms with E-state index in [1.807, 2.05) is 60.9 Å². The first-order valence-corrected chi connectivity index (χ1v) is 19.9. The Morgan fingerprint density at radius 1 is 0.464 bits per heavy atom. The molecule has 8 heteroatoms. The van der Waals surface area contributed by atoms with E-state index in [0.29, 0.717) is 0 Å². The van der Waals surface area contributed by atoms with E-state index in [2.05, 4.69) is 67.9 Å². The molecule has 0 spiro atoms. The van der Waals surface area contributed by atoms with Crippen LogP contribution in [-0.2, 0) is 45.1 Å². The standard InChI is InChI=1S/2C24H20N2O2.2H2/c2*27-20-11-21(28)23(22(20)17-12-25-19-9-2-1-7-15(17)19)18-13-26-10-4-6-14-5-3-8-16(18)24(14)26;;/h2*1-3,5,7-9,12-13,22-23,25H,4,6,10-11H2;2*1H/t2*22-,23+;;/m10../s1. The van der Waals surface area contributed by atoms with Crippen LogP contribution in [0.1, 0.15) is 85.6 Å². The highest BCUT2D eigenvalue weighted by atomic mass is 16.2. The number of aromatic nitrogens is 4. The van der Waals surface area contributed by atoms with Crippen molar-refractivity contribution in [1.29, 1.82) is 0 Å². The van der Waals surface area contributed by atoms with Crippen molar-refractivity contribution in [2.45, 2.75) is 75.3 Å². The number of nitrogens with zero attached hydrogens (tertiary/aromatic N) is 2. The van der Waals surface area contributed by atoms with Gasteiger partial charge < -0.3 is 19.1 Å². The molecule has 0 unspecified atom stereocenters. The van der Waals surface area contributed by atoms with Crippen LogP contribution < -0.4 is 0 Å². The molecular formula is C48H44N4O4. The second kappa shape index (κ2) is 12.6. The van der Waals surface area contributed by atoms with E-state index in [1.165, 1.54) is 22.2 Å². The Morgan fingerprint density at radius 3 is 1.30 bits per heavy atom. The molecule has 2 aliphatic carbocycles. The lowest BCUT2D eigenvalue weighted by Gasteiger charge is -2.17. The van der Waals surface area contributed by atoms with Crippen molar-refractivity contribution in [2.75, 3.05) is 0 Å². The summed E-state index contributed by atoms with van der Waals surface area (Å²) in [4.78, 5) is 58.5. The molecule has 2 N–H and O–H groups in total. The predicted molar refractivity (Wildman–Crippen MR) is 222 cm³/mol. The molecule has 2 saturated carbocycles. The smallest absolute Gasteiger partial charge is 0.148 e. The van der Waals surface area contributed by atoms with Crippen LogP contribution in [0.4, 0.5) is 0 Å². The molecular weight excluding hydrogens is 697 g/mol. The predicted octanol–water partition coefficient (Wildman–Crippen LogP) is 9.45. The number of aromatic amines is 2. The van der Waals surface area contributed by atoms with Crippen LogP contribution in [0.2, 0.25) is 0 Å². The van der Waals surface area contributed by atoms with Crippen LogP contribution in [0.3, 0.4) is 0 Å². The summed E-state index contributed by atoms with van der Waals surface area (Å²) >= 11 is 0. The van der Waals surface area contributed by atoms with Gasteiger partial charge in [0.1, 0.15) is 23.1 Å². The monoisotopic (exact) mass is 740 g/mol. The number of aryl methyl sites for hydroxylation is 4. The zero-order chi connectivity index (χ0) is 37.7. The van der Waals surface area contributed by atoms with E-state index < -0.39 is 23.7 Å². The number of benzene rings is 4. The third-order valence-electron chi connectivity index (χ3n) is 13.0. The van der Waals surface area contributed by atoms with Gasteiger partial charge in [-0.25, -0.2) is 0 Å². The van der Waals surface area contributed by atoms with Crippen LogP contribution >= 0.6 is 0 Å². The summed E-state index contributed by atoms with van der Waals surface area (Å²) in [5.74, 6) is -1.46. The molecule has 0 radical (unpaired) electrons. The highest BCUT2D eigenvalue weighted by molar-refractivity contribution is 6.17. The van der Waals surface area contributed by atoms with Gasteiger partial charge in [0.05, 0.1) is 47.5 Å². The summed E-state index contributed by atoms with van der Waals surface area (Å²) in [6.07, 6.45) is 12.5. The topological polar surface area (TPSA) is 110 Å². The maximum absolute atomic E-state index is 13.0. The lowest BCUT2D eigenvalue weighted by atomic mass is 9.83. The lowest BCUT2D eigenvalue weighted by Crippen LogP contribution is -2.14. The van der Waals surface area contributed by atoms with Crippen molar-refractivity contribution in [1.82, 2.24) is 19.1 Å². The molecule has 4 aromatic heterocycles. The Hall–Kier alpha value is -6.28. The van der Waals surface area contributed by atoms with E-state index in [-0.39, 0.29) is 38.8 Å². The van der Waals surface area contributed by atoms with Crippen LogP contribution in [0, 0.1) is 0 Å². The highest BCUT2D eigenvalue weighted by Gasteiger charge is 2.47. The second-order valence-electron chi connectivity index (χ2n) is 16.1. The average Bonchev–Trinajstić information content (AvgIpc) is 4.07. The number of hydrogen-bond acceptors (Lipinski definition) is 4. The average molecular weight is 741 g/mol. The van der Waals surface area contributed by atoms with Crippen molar-refractivity contribution >= 4 is 66.7 Å². The summed E-state index contributed by atoms with van der Waals surface area (Å²) in [5.41, 5.74) is 11.1. The fourth-order valence-corrected chi connectivity index (χ4v) is 10.7. The number of fused-ring (bicyclic) bond motifs is 2. The zero-order valence-electron chi connectivity index (χ0n) is 30.9. The molecule has 280 valence electrons.